The lowest BCUT2D eigenvalue weighted by molar-refractivity contribution is 0.804. The van der Waals surface area contributed by atoms with Crippen LogP contribution in [0.5, 0.6) is 0 Å². The van der Waals surface area contributed by atoms with Crippen molar-refractivity contribution < 1.29 is 0 Å². The van der Waals surface area contributed by atoms with Crippen molar-refractivity contribution in [1.29, 1.82) is 0 Å². The Balaban J connectivity index is 2.00. The van der Waals surface area contributed by atoms with Crippen molar-refractivity contribution in [3.8, 4) is 16.9 Å². The molecule has 0 aliphatic carbocycles. The summed E-state index contributed by atoms with van der Waals surface area (Å²) >= 11 is 0. The zero-order chi connectivity index (χ0) is 12.4. The van der Waals surface area contributed by atoms with Crippen molar-refractivity contribution >= 4 is 5.69 Å². The molecule has 0 radical (unpaired) electrons. The van der Waals surface area contributed by atoms with Crippen molar-refractivity contribution in [1.82, 2.24) is 20.0 Å². The van der Waals surface area contributed by atoms with Gasteiger partial charge in [0.1, 0.15) is 5.69 Å². The van der Waals surface area contributed by atoms with Crippen molar-refractivity contribution in [3.05, 3.63) is 55.0 Å². The van der Waals surface area contributed by atoms with Crippen LogP contribution in [0.2, 0.25) is 0 Å². The summed E-state index contributed by atoms with van der Waals surface area (Å²) in [4.78, 5) is 4.06. The molecule has 0 aliphatic rings. The molecule has 0 spiro atoms. The number of pyridine rings is 1. The molecule has 88 valence electrons. The lowest BCUT2D eigenvalue weighted by atomic mass is 10.2. The number of aromatic nitrogens is 4. The van der Waals surface area contributed by atoms with Gasteiger partial charge in [-0.1, -0.05) is 11.3 Å². The van der Waals surface area contributed by atoms with Gasteiger partial charge in [0.15, 0.2) is 0 Å². The molecule has 2 N–H and O–H groups in total. The Kier molecular flexibility index (Phi) is 2.49. The molecule has 3 aromatic rings. The van der Waals surface area contributed by atoms with Crippen LogP contribution in [0.15, 0.2) is 55.0 Å². The first-order chi connectivity index (χ1) is 8.83. The summed E-state index contributed by atoms with van der Waals surface area (Å²) < 4.78 is 1.69. The molecular weight excluding hydrogens is 226 g/mol. The molecule has 0 aliphatic heterocycles. The van der Waals surface area contributed by atoms with E-state index in [1.165, 1.54) is 0 Å². The van der Waals surface area contributed by atoms with Crippen molar-refractivity contribution in [3.63, 3.8) is 0 Å². The average Bonchev–Trinajstić information content (AvgIpc) is 2.89. The number of nitrogens with two attached hydrogens (primary N) is 1. The number of benzene rings is 1. The zero-order valence-corrected chi connectivity index (χ0v) is 9.56. The molecule has 0 unspecified atom stereocenters. The van der Waals surface area contributed by atoms with Gasteiger partial charge in [-0.25, -0.2) is 4.68 Å². The van der Waals surface area contributed by atoms with Crippen LogP contribution in [0, 0.1) is 0 Å². The highest BCUT2D eigenvalue weighted by atomic mass is 15.4. The number of hydrogen-bond acceptors (Lipinski definition) is 4. The second-order valence-electron chi connectivity index (χ2n) is 3.89. The third-order valence-electron chi connectivity index (χ3n) is 2.59. The van der Waals surface area contributed by atoms with Gasteiger partial charge in [-0.05, 0) is 30.3 Å². The van der Waals surface area contributed by atoms with Crippen LogP contribution in [-0.4, -0.2) is 20.0 Å². The lowest BCUT2D eigenvalue weighted by Gasteiger charge is -2.00. The predicted molar refractivity (Wildman–Crippen MR) is 69.0 cm³/mol. The molecule has 3 rings (SSSR count). The number of rotatable bonds is 2. The monoisotopic (exact) mass is 237 g/mol. The predicted octanol–water partition coefficient (Wildman–Crippen LogP) is 1.91. The van der Waals surface area contributed by atoms with E-state index in [9.17, 15) is 0 Å². The maximum atomic E-state index is 5.74. The van der Waals surface area contributed by atoms with E-state index >= 15 is 0 Å². The maximum Gasteiger partial charge on any atom is 0.115 e. The highest BCUT2D eigenvalue weighted by molar-refractivity contribution is 5.57. The minimum atomic E-state index is 0.700. The number of anilines is 1. The third-order valence-corrected chi connectivity index (χ3v) is 2.59. The molecule has 1 aromatic carbocycles. The van der Waals surface area contributed by atoms with Gasteiger partial charge < -0.3 is 5.73 Å². The fraction of sp³-hybridized carbons (Fsp3) is 0. The van der Waals surface area contributed by atoms with Gasteiger partial charge in [0.2, 0.25) is 0 Å². The maximum absolute atomic E-state index is 5.74. The Labute approximate surface area is 104 Å². The summed E-state index contributed by atoms with van der Waals surface area (Å²) in [6.45, 7) is 0. The average molecular weight is 237 g/mol. The van der Waals surface area contributed by atoms with Crippen LogP contribution >= 0.6 is 0 Å². The molecule has 0 atom stereocenters. The Morgan fingerprint density at radius 3 is 2.83 bits per heavy atom. The van der Waals surface area contributed by atoms with Gasteiger partial charge >= 0.3 is 0 Å². The van der Waals surface area contributed by atoms with Crippen LogP contribution in [0.4, 0.5) is 5.69 Å². The van der Waals surface area contributed by atoms with Gasteiger partial charge in [0.25, 0.3) is 0 Å². The molecule has 0 fully saturated rings. The summed E-state index contributed by atoms with van der Waals surface area (Å²) in [6.07, 6.45) is 5.34. The van der Waals surface area contributed by atoms with Gasteiger partial charge in [0, 0.05) is 23.6 Å². The van der Waals surface area contributed by atoms with Crippen LogP contribution in [0.1, 0.15) is 0 Å². The molecule has 2 heterocycles. The molecule has 0 bridgehead atoms. The Morgan fingerprint density at radius 2 is 2.06 bits per heavy atom. The smallest absolute Gasteiger partial charge is 0.115 e. The molecular formula is C13H11N5. The minimum Gasteiger partial charge on any atom is -0.399 e. The summed E-state index contributed by atoms with van der Waals surface area (Å²) in [5.74, 6) is 0. The fourth-order valence-electron chi connectivity index (χ4n) is 1.70. The summed E-state index contributed by atoms with van der Waals surface area (Å²) in [5.41, 5.74) is 9.05. The summed E-state index contributed by atoms with van der Waals surface area (Å²) in [7, 11) is 0. The van der Waals surface area contributed by atoms with Crippen molar-refractivity contribution in [2.24, 2.45) is 0 Å². The van der Waals surface area contributed by atoms with E-state index in [-0.39, 0.29) is 0 Å². The first-order valence-electron chi connectivity index (χ1n) is 5.51. The van der Waals surface area contributed by atoms with Gasteiger partial charge in [-0.2, -0.15) is 0 Å². The molecule has 2 aromatic heterocycles. The molecule has 5 nitrogen and oxygen atoms in total. The quantitative estimate of drug-likeness (QED) is 0.691. The molecule has 0 amide bonds. The Morgan fingerprint density at radius 1 is 1.11 bits per heavy atom. The van der Waals surface area contributed by atoms with E-state index in [1.54, 1.807) is 17.1 Å². The third kappa shape index (κ3) is 1.93. The van der Waals surface area contributed by atoms with E-state index in [1.807, 2.05) is 42.6 Å². The normalized spacial score (nSPS) is 10.4. The second-order valence-corrected chi connectivity index (χ2v) is 3.89. The molecule has 5 heteroatoms. The standard InChI is InChI=1S/C13H11N5/c14-11-4-1-5-12(7-11)18-9-13(16-17-18)10-3-2-6-15-8-10/h1-9H,14H2. The van der Waals surface area contributed by atoms with Crippen molar-refractivity contribution in [2.45, 2.75) is 0 Å². The van der Waals surface area contributed by atoms with Crippen LogP contribution in [-0.2, 0) is 0 Å². The summed E-state index contributed by atoms with van der Waals surface area (Å²) in [5, 5.41) is 8.21. The van der Waals surface area contributed by atoms with E-state index in [0.29, 0.717) is 5.69 Å². The van der Waals surface area contributed by atoms with Crippen LogP contribution in [0.3, 0.4) is 0 Å². The minimum absolute atomic E-state index is 0.700. The summed E-state index contributed by atoms with van der Waals surface area (Å²) in [6, 6.07) is 11.3. The molecule has 0 saturated heterocycles. The highest BCUT2D eigenvalue weighted by Gasteiger charge is 2.05. The van der Waals surface area contributed by atoms with Crippen LogP contribution in [0.25, 0.3) is 16.9 Å². The zero-order valence-electron chi connectivity index (χ0n) is 9.56. The highest BCUT2D eigenvalue weighted by Crippen LogP contribution is 2.17. The van der Waals surface area contributed by atoms with Crippen molar-refractivity contribution in [2.75, 3.05) is 5.73 Å². The van der Waals surface area contributed by atoms with E-state index in [0.717, 1.165) is 16.9 Å². The van der Waals surface area contributed by atoms with Gasteiger partial charge in [-0.3, -0.25) is 4.98 Å². The van der Waals surface area contributed by atoms with Gasteiger partial charge in [0.05, 0.1) is 11.9 Å². The first kappa shape index (κ1) is 10.5. The fourth-order valence-corrected chi connectivity index (χ4v) is 1.70. The van der Waals surface area contributed by atoms with E-state index in [2.05, 4.69) is 15.3 Å². The number of nitrogens with zero attached hydrogens (tertiary/aromatic N) is 4. The van der Waals surface area contributed by atoms with Gasteiger partial charge in [-0.15, -0.1) is 5.10 Å². The largest absolute Gasteiger partial charge is 0.399 e. The molecule has 0 saturated carbocycles. The molecule has 18 heavy (non-hydrogen) atoms. The SMILES string of the molecule is Nc1cccc(-n2cc(-c3cccnc3)nn2)c1. The number of nitrogen functional groups attached to an aromatic ring is 1. The van der Waals surface area contributed by atoms with E-state index in [4.69, 9.17) is 5.73 Å². The Hall–Kier alpha value is -2.69. The topological polar surface area (TPSA) is 69.6 Å². The van der Waals surface area contributed by atoms with E-state index < -0.39 is 0 Å². The first-order valence-corrected chi connectivity index (χ1v) is 5.51. The number of hydrogen-bond donors (Lipinski definition) is 1. The van der Waals surface area contributed by atoms with Crippen LogP contribution < -0.4 is 5.73 Å². The second kappa shape index (κ2) is 4.29. The Bertz CT molecular complexity index is 660. The lowest BCUT2D eigenvalue weighted by Crippen LogP contribution is -1.95.